The average Bonchev–Trinajstić information content (AvgIpc) is 3.09. The molecular formula is C20H21N3O. The van der Waals surface area contributed by atoms with Gasteiger partial charge in [-0.25, -0.2) is 4.98 Å². The minimum Gasteiger partial charge on any atom is -0.352 e. The van der Waals surface area contributed by atoms with Crippen molar-refractivity contribution in [3.05, 3.63) is 89.5 Å². The van der Waals surface area contributed by atoms with E-state index in [1.54, 1.807) is 12.5 Å². The molecule has 1 heterocycles. The number of nitrogens with zero attached hydrogens (tertiary/aromatic N) is 2. The molecule has 0 atom stereocenters. The Balaban J connectivity index is 1.49. The second-order valence-electron chi connectivity index (χ2n) is 5.99. The molecule has 0 unspecified atom stereocenters. The van der Waals surface area contributed by atoms with E-state index >= 15 is 0 Å². The van der Waals surface area contributed by atoms with Crippen LogP contribution in [-0.4, -0.2) is 15.5 Å². The molecule has 122 valence electrons. The summed E-state index contributed by atoms with van der Waals surface area (Å²) in [6.07, 6.45) is 5.94. The van der Waals surface area contributed by atoms with E-state index in [1.165, 1.54) is 11.1 Å². The Kier molecular flexibility index (Phi) is 5.06. The van der Waals surface area contributed by atoms with Crippen molar-refractivity contribution in [3.63, 3.8) is 0 Å². The Morgan fingerprint density at radius 3 is 2.33 bits per heavy atom. The minimum absolute atomic E-state index is 0.0429. The average molecular weight is 319 g/mol. The molecule has 0 saturated carbocycles. The quantitative estimate of drug-likeness (QED) is 0.759. The van der Waals surface area contributed by atoms with E-state index in [0.29, 0.717) is 13.0 Å². The number of aryl methyl sites for hydroxylation is 1. The highest BCUT2D eigenvalue weighted by atomic mass is 16.1. The molecule has 1 aromatic heterocycles. The van der Waals surface area contributed by atoms with Crippen molar-refractivity contribution >= 4 is 5.91 Å². The van der Waals surface area contributed by atoms with Crippen molar-refractivity contribution < 1.29 is 4.79 Å². The summed E-state index contributed by atoms with van der Waals surface area (Å²) < 4.78 is 2.03. The molecule has 0 bridgehead atoms. The lowest BCUT2D eigenvalue weighted by Gasteiger charge is -2.07. The van der Waals surface area contributed by atoms with E-state index in [1.807, 2.05) is 42.0 Å². The maximum atomic E-state index is 12.0. The summed E-state index contributed by atoms with van der Waals surface area (Å²) in [5.74, 6) is 0.0429. The molecule has 0 aliphatic carbocycles. The number of rotatable bonds is 6. The summed E-state index contributed by atoms with van der Waals surface area (Å²) in [5, 5.41) is 2.97. The van der Waals surface area contributed by atoms with Crippen LogP contribution in [-0.2, 0) is 24.3 Å². The van der Waals surface area contributed by atoms with Crippen LogP contribution in [0.2, 0.25) is 0 Å². The molecule has 0 radical (unpaired) electrons. The Hall–Kier alpha value is -2.88. The predicted octanol–water partition coefficient (Wildman–Crippen LogP) is 3.10. The third-order valence-corrected chi connectivity index (χ3v) is 3.92. The largest absolute Gasteiger partial charge is 0.352 e. The Morgan fingerprint density at radius 1 is 1.00 bits per heavy atom. The molecule has 4 heteroatoms. The summed E-state index contributed by atoms with van der Waals surface area (Å²) in [7, 11) is 0. The van der Waals surface area contributed by atoms with Gasteiger partial charge in [-0.2, -0.15) is 0 Å². The highest BCUT2D eigenvalue weighted by molar-refractivity contribution is 5.78. The molecule has 0 aliphatic heterocycles. The molecule has 4 nitrogen and oxygen atoms in total. The van der Waals surface area contributed by atoms with Crippen molar-refractivity contribution in [1.82, 2.24) is 14.9 Å². The summed E-state index contributed by atoms with van der Waals surface area (Å²) in [6, 6.07) is 16.3. The number of hydrogen-bond donors (Lipinski definition) is 1. The minimum atomic E-state index is 0.0429. The van der Waals surface area contributed by atoms with Crippen molar-refractivity contribution in [1.29, 1.82) is 0 Å². The smallest absolute Gasteiger partial charge is 0.224 e. The van der Waals surface area contributed by atoms with Crippen LogP contribution < -0.4 is 5.32 Å². The molecular weight excluding hydrogens is 298 g/mol. The first kappa shape index (κ1) is 16.0. The van der Waals surface area contributed by atoms with Gasteiger partial charge in [-0.05, 0) is 23.6 Å². The van der Waals surface area contributed by atoms with Crippen molar-refractivity contribution in [2.45, 2.75) is 26.4 Å². The number of aromatic nitrogens is 2. The molecule has 24 heavy (non-hydrogen) atoms. The number of imidazole rings is 1. The number of benzene rings is 2. The maximum Gasteiger partial charge on any atom is 0.224 e. The first-order valence-corrected chi connectivity index (χ1v) is 8.05. The molecule has 0 spiro atoms. The van der Waals surface area contributed by atoms with Crippen molar-refractivity contribution in [2.75, 3.05) is 0 Å². The van der Waals surface area contributed by atoms with Gasteiger partial charge in [-0.1, -0.05) is 54.1 Å². The molecule has 3 rings (SSSR count). The topological polar surface area (TPSA) is 46.9 Å². The van der Waals surface area contributed by atoms with Gasteiger partial charge in [-0.15, -0.1) is 0 Å². The van der Waals surface area contributed by atoms with Gasteiger partial charge in [-0.3, -0.25) is 4.79 Å². The monoisotopic (exact) mass is 319 g/mol. The lowest BCUT2D eigenvalue weighted by molar-refractivity contribution is -0.120. The van der Waals surface area contributed by atoms with Crippen LogP contribution in [0.3, 0.4) is 0 Å². The summed E-state index contributed by atoms with van der Waals surface area (Å²) in [6.45, 7) is 3.40. The first-order valence-electron chi connectivity index (χ1n) is 8.05. The molecule has 1 N–H and O–H groups in total. The van der Waals surface area contributed by atoms with Crippen LogP contribution >= 0.6 is 0 Å². The number of carbonyl (C=O) groups excluding carboxylic acids is 1. The van der Waals surface area contributed by atoms with Crippen LogP contribution in [0, 0.1) is 6.92 Å². The Bertz CT molecular complexity index is 775. The number of amides is 1. The lowest BCUT2D eigenvalue weighted by Crippen LogP contribution is -2.24. The van der Waals surface area contributed by atoms with Crippen molar-refractivity contribution in [2.24, 2.45) is 0 Å². The van der Waals surface area contributed by atoms with E-state index in [9.17, 15) is 4.79 Å². The Morgan fingerprint density at radius 2 is 1.67 bits per heavy atom. The van der Waals surface area contributed by atoms with Gasteiger partial charge in [0, 0.05) is 25.5 Å². The van der Waals surface area contributed by atoms with E-state index in [0.717, 1.165) is 17.7 Å². The molecule has 0 saturated heterocycles. The van der Waals surface area contributed by atoms with Gasteiger partial charge in [0.15, 0.2) is 0 Å². The highest BCUT2D eigenvalue weighted by Crippen LogP contribution is 2.07. The molecule has 2 aromatic carbocycles. The highest BCUT2D eigenvalue weighted by Gasteiger charge is 2.03. The van der Waals surface area contributed by atoms with Gasteiger partial charge < -0.3 is 9.88 Å². The second-order valence-corrected chi connectivity index (χ2v) is 5.99. The zero-order valence-electron chi connectivity index (χ0n) is 13.8. The normalized spacial score (nSPS) is 10.5. The fraction of sp³-hybridized carbons (Fsp3) is 0.200. The predicted molar refractivity (Wildman–Crippen MR) is 94.5 cm³/mol. The van der Waals surface area contributed by atoms with Gasteiger partial charge in [0.2, 0.25) is 5.91 Å². The second kappa shape index (κ2) is 7.59. The van der Waals surface area contributed by atoms with Crippen LogP contribution in [0.4, 0.5) is 0 Å². The fourth-order valence-corrected chi connectivity index (χ4v) is 2.51. The van der Waals surface area contributed by atoms with Crippen LogP contribution in [0.25, 0.3) is 0 Å². The third kappa shape index (κ3) is 4.56. The molecule has 1 amide bonds. The van der Waals surface area contributed by atoms with E-state index in [2.05, 4.69) is 34.6 Å². The fourth-order valence-electron chi connectivity index (χ4n) is 2.51. The van der Waals surface area contributed by atoms with Crippen molar-refractivity contribution in [3.8, 4) is 0 Å². The van der Waals surface area contributed by atoms with E-state index in [4.69, 9.17) is 0 Å². The van der Waals surface area contributed by atoms with Crippen LogP contribution in [0.15, 0.2) is 67.3 Å². The van der Waals surface area contributed by atoms with Crippen LogP contribution in [0.5, 0.6) is 0 Å². The summed E-state index contributed by atoms with van der Waals surface area (Å²) in [4.78, 5) is 16.1. The summed E-state index contributed by atoms with van der Waals surface area (Å²) >= 11 is 0. The van der Waals surface area contributed by atoms with Gasteiger partial charge in [0.05, 0.1) is 12.7 Å². The standard InChI is InChI=1S/C20H21N3O/c1-16-2-4-17(5-3-16)12-20(24)22-13-18-6-8-19(9-7-18)14-23-11-10-21-15-23/h2-11,15H,12-14H2,1H3,(H,22,24). The van der Waals surface area contributed by atoms with Gasteiger partial charge in [0.1, 0.15) is 0 Å². The zero-order chi connectivity index (χ0) is 16.8. The summed E-state index contributed by atoms with van der Waals surface area (Å²) in [5.41, 5.74) is 4.55. The molecule has 0 fully saturated rings. The number of hydrogen-bond acceptors (Lipinski definition) is 2. The van der Waals surface area contributed by atoms with Gasteiger partial charge in [0.25, 0.3) is 0 Å². The lowest BCUT2D eigenvalue weighted by atomic mass is 10.1. The SMILES string of the molecule is Cc1ccc(CC(=O)NCc2ccc(Cn3ccnc3)cc2)cc1. The van der Waals surface area contributed by atoms with Gasteiger partial charge >= 0.3 is 0 Å². The Labute approximate surface area is 142 Å². The first-order chi connectivity index (χ1) is 11.7. The maximum absolute atomic E-state index is 12.0. The van der Waals surface area contributed by atoms with E-state index < -0.39 is 0 Å². The number of nitrogens with one attached hydrogen (secondary N) is 1. The number of carbonyl (C=O) groups is 1. The zero-order valence-corrected chi connectivity index (χ0v) is 13.8. The molecule has 3 aromatic rings. The van der Waals surface area contributed by atoms with Crippen LogP contribution in [0.1, 0.15) is 22.3 Å². The molecule has 0 aliphatic rings. The van der Waals surface area contributed by atoms with E-state index in [-0.39, 0.29) is 5.91 Å². The third-order valence-electron chi connectivity index (χ3n) is 3.92.